The van der Waals surface area contributed by atoms with E-state index in [0.29, 0.717) is 6.26 Å². The van der Waals surface area contributed by atoms with Crippen LogP contribution in [0.15, 0.2) is 30.2 Å². The van der Waals surface area contributed by atoms with Crippen molar-refractivity contribution in [2.24, 2.45) is 0 Å². The van der Waals surface area contributed by atoms with E-state index in [2.05, 4.69) is 4.98 Å². The minimum Gasteiger partial charge on any atom is -0.515 e. The number of aromatic nitrogens is 1. The Morgan fingerprint density at radius 3 is 2.77 bits per heavy atom. The lowest BCUT2D eigenvalue weighted by atomic mass is 10.1. The lowest BCUT2D eigenvalue weighted by Crippen LogP contribution is -2.03. The van der Waals surface area contributed by atoms with Crippen LogP contribution >= 0.6 is 0 Å². The van der Waals surface area contributed by atoms with Gasteiger partial charge in [0.05, 0.1) is 12.5 Å². The highest BCUT2D eigenvalue weighted by Gasteiger charge is 2.09. The number of aliphatic hydroxyl groups excluding tert-OH is 1. The monoisotopic (exact) mass is 181 g/mol. The summed E-state index contributed by atoms with van der Waals surface area (Å²) in [6, 6.07) is 2.41. The molecule has 68 valence electrons. The summed E-state index contributed by atoms with van der Waals surface area (Å²) in [5, 5.41) is 8.54. The maximum atomic E-state index is 12.4. The normalized spacial score (nSPS) is 11.4. The first-order valence-electron chi connectivity index (χ1n) is 3.62. The van der Waals surface area contributed by atoms with Gasteiger partial charge in [0.15, 0.2) is 0 Å². The van der Waals surface area contributed by atoms with Gasteiger partial charge in [0.1, 0.15) is 11.5 Å². The van der Waals surface area contributed by atoms with E-state index in [1.807, 2.05) is 0 Å². The van der Waals surface area contributed by atoms with E-state index in [-0.39, 0.29) is 11.3 Å². The number of nitrogens with zero attached hydrogens (tertiary/aromatic N) is 1. The lowest BCUT2D eigenvalue weighted by Gasteiger charge is -1.97. The van der Waals surface area contributed by atoms with Crippen LogP contribution in [0, 0.1) is 5.82 Å². The minimum absolute atomic E-state index is 0.115. The number of carbonyl (C=O) groups excluding carboxylic acids is 1. The minimum atomic E-state index is -0.498. The quantitative estimate of drug-likeness (QED) is 0.430. The summed E-state index contributed by atoms with van der Waals surface area (Å²) in [5.41, 5.74) is 0.281. The average Bonchev–Trinajstić information content (AvgIpc) is 2.17. The Bertz CT molecular complexity index is 343. The molecule has 4 heteroatoms. The molecule has 0 radical (unpaired) electrons. The van der Waals surface area contributed by atoms with Gasteiger partial charge in [0, 0.05) is 5.57 Å². The number of halogens is 1. The summed E-state index contributed by atoms with van der Waals surface area (Å²) in [7, 11) is 0. The van der Waals surface area contributed by atoms with Gasteiger partial charge in [-0.3, -0.25) is 4.79 Å². The van der Waals surface area contributed by atoms with Crippen molar-refractivity contribution in [2.45, 2.75) is 6.92 Å². The van der Waals surface area contributed by atoms with E-state index >= 15 is 0 Å². The van der Waals surface area contributed by atoms with Crippen molar-refractivity contribution in [1.29, 1.82) is 0 Å². The van der Waals surface area contributed by atoms with Gasteiger partial charge in [-0.2, -0.15) is 0 Å². The summed E-state index contributed by atoms with van der Waals surface area (Å²) in [4.78, 5) is 14.8. The topological polar surface area (TPSA) is 50.2 Å². The molecule has 0 unspecified atom stereocenters. The number of hydrogen-bond acceptors (Lipinski definition) is 3. The third-order valence-electron chi connectivity index (χ3n) is 1.51. The van der Waals surface area contributed by atoms with Crippen molar-refractivity contribution in [3.63, 3.8) is 0 Å². The van der Waals surface area contributed by atoms with E-state index in [4.69, 9.17) is 5.11 Å². The first-order chi connectivity index (χ1) is 6.15. The molecule has 0 amide bonds. The van der Waals surface area contributed by atoms with Crippen molar-refractivity contribution < 1.29 is 14.3 Å². The smallest absolute Gasteiger partial charge is 0.210 e. The lowest BCUT2D eigenvalue weighted by molar-refractivity contribution is 0.102. The molecule has 0 fully saturated rings. The highest BCUT2D eigenvalue weighted by Crippen LogP contribution is 2.05. The van der Waals surface area contributed by atoms with E-state index in [0.717, 1.165) is 12.3 Å². The van der Waals surface area contributed by atoms with Crippen molar-refractivity contribution >= 4 is 5.78 Å². The Morgan fingerprint density at radius 1 is 1.62 bits per heavy atom. The maximum absolute atomic E-state index is 12.4. The van der Waals surface area contributed by atoms with Crippen molar-refractivity contribution in [2.75, 3.05) is 0 Å². The van der Waals surface area contributed by atoms with Crippen LogP contribution in [-0.4, -0.2) is 15.9 Å². The van der Waals surface area contributed by atoms with Gasteiger partial charge < -0.3 is 5.11 Å². The van der Waals surface area contributed by atoms with Crippen molar-refractivity contribution in [3.05, 3.63) is 41.7 Å². The second kappa shape index (κ2) is 3.80. The Labute approximate surface area is 74.5 Å². The molecule has 1 heterocycles. The SMILES string of the molecule is C/C(=C/O)C(=O)c1ccc(F)cn1. The first-order valence-corrected chi connectivity index (χ1v) is 3.62. The fraction of sp³-hybridized carbons (Fsp3) is 0.111. The first kappa shape index (κ1) is 9.38. The van der Waals surface area contributed by atoms with Crippen LogP contribution in [0.5, 0.6) is 0 Å². The van der Waals surface area contributed by atoms with Crippen LogP contribution in [0.4, 0.5) is 4.39 Å². The number of rotatable bonds is 2. The largest absolute Gasteiger partial charge is 0.515 e. The highest BCUT2D eigenvalue weighted by atomic mass is 19.1. The number of pyridine rings is 1. The number of carbonyl (C=O) groups is 1. The second-order valence-electron chi connectivity index (χ2n) is 2.50. The van der Waals surface area contributed by atoms with E-state index < -0.39 is 11.6 Å². The Morgan fingerprint density at radius 2 is 2.31 bits per heavy atom. The van der Waals surface area contributed by atoms with E-state index in [1.165, 1.54) is 13.0 Å². The van der Waals surface area contributed by atoms with Crippen molar-refractivity contribution in [3.8, 4) is 0 Å². The molecule has 1 aromatic heterocycles. The molecule has 0 aromatic carbocycles. The molecule has 1 rings (SSSR count). The number of hydrogen-bond donors (Lipinski definition) is 1. The predicted octanol–water partition coefficient (Wildman–Crippen LogP) is 1.87. The van der Waals surface area contributed by atoms with Crippen LogP contribution in [0.1, 0.15) is 17.4 Å². The number of ketones is 1. The fourth-order valence-corrected chi connectivity index (χ4v) is 0.771. The third kappa shape index (κ3) is 2.11. The van der Waals surface area contributed by atoms with Crippen LogP contribution < -0.4 is 0 Å². The zero-order valence-electron chi connectivity index (χ0n) is 6.99. The predicted molar refractivity (Wildman–Crippen MR) is 44.9 cm³/mol. The molecule has 0 spiro atoms. The van der Waals surface area contributed by atoms with Crippen LogP contribution in [0.2, 0.25) is 0 Å². The Kier molecular flexibility index (Phi) is 2.74. The van der Waals surface area contributed by atoms with Gasteiger partial charge >= 0.3 is 0 Å². The summed E-state index contributed by atoms with van der Waals surface area (Å²) in [5.74, 6) is -0.912. The molecule has 13 heavy (non-hydrogen) atoms. The zero-order chi connectivity index (χ0) is 9.84. The Hall–Kier alpha value is -1.71. The summed E-state index contributed by atoms with van der Waals surface area (Å²) in [6.07, 6.45) is 1.66. The third-order valence-corrected chi connectivity index (χ3v) is 1.51. The van der Waals surface area contributed by atoms with Gasteiger partial charge in [0.25, 0.3) is 0 Å². The molecule has 0 aliphatic heterocycles. The zero-order valence-corrected chi connectivity index (χ0v) is 6.99. The van der Waals surface area contributed by atoms with Gasteiger partial charge in [-0.05, 0) is 19.1 Å². The van der Waals surface area contributed by atoms with Crippen LogP contribution in [-0.2, 0) is 0 Å². The maximum Gasteiger partial charge on any atom is 0.210 e. The summed E-state index contributed by atoms with van der Waals surface area (Å²) in [6.45, 7) is 1.45. The molecule has 0 atom stereocenters. The van der Waals surface area contributed by atoms with Crippen molar-refractivity contribution in [1.82, 2.24) is 4.98 Å². The van der Waals surface area contributed by atoms with Gasteiger partial charge in [-0.1, -0.05) is 0 Å². The summed E-state index contributed by atoms with van der Waals surface area (Å²) < 4.78 is 12.4. The van der Waals surface area contributed by atoms with E-state index in [9.17, 15) is 9.18 Å². The summed E-state index contributed by atoms with van der Waals surface area (Å²) >= 11 is 0. The van der Waals surface area contributed by atoms with E-state index in [1.54, 1.807) is 0 Å². The molecule has 1 aromatic rings. The number of Topliss-reactive ketones (excluding diaryl/α,β-unsaturated/α-hetero) is 1. The number of aliphatic hydroxyl groups is 1. The molecule has 0 saturated carbocycles. The van der Waals surface area contributed by atoms with Crippen LogP contribution in [0.3, 0.4) is 0 Å². The number of allylic oxidation sites excluding steroid dienone is 1. The second-order valence-corrected chi connectivity index (χ2v) is 2.50. The molecule has 0 aliphatic rings. The Balaban J connectivity index is 2.97. The molecule has 3 nitrogen and oxygen atoms in total. The molecular formula is C9H8FNO2. The highest BCUT2D eigenvalue weighted by molar-refractivity contribution is 6.06. The molecule has 0 bridgehead atoms. The molecule has 1 N–H and O–H groups in total. The van der Waals surface area contributed by atoms with Gasteiger partial charge in [-0.15, -0.1) is 0 Å². The molecular weight excluding hydrogens is 173 g/mol. The van der Waals surface area contributed by atoms with Gasteiger partial charge in [0.2, 0.25) is 5.78 Å². The average molecular weight is 181 g/mol. The fourth-order valence-electron chi connectivity index (χ4n) is 0.771. The standard InChI is InChI=1S/C9H8FNO2/c1-6(5-12)9(13)8-3-2-7(10)4-11-8/h2-5,12H,1H3/b6-5-. The molecule has 0 aliphatic carbocycles. The van der Waals surface area contributed by atoms with Crippen LogP contribution in [0.25, 0.3) is 0 Å². The van der Waals surface area contributed by atoms with Gasteiger partial charge in [-0.25, -0.2) is 9.37 Å². The molecule has 0 saturated heterocycles.